The highest BCUT2D eigenvalue weighted by molar-refractivity contribution is 7.89. The fourth-order valence-electron chi connectivity index (χ4n) is 1.72. The minimum absolute atomic E-state index is 0.00176. The second-order valence-corrected chi connectivity index (χ2v) is 6.98. The van der Waals surface area contributed by atoms with Crippen LogP contribution >= 0.6 is 11.3 Å². The summed E-state index contributed by atoms with van der Waals surface area (Å²) in [5.41, 5.74) is 6.66. The number of sulfonamides is 1. The molecule has 0 aliphatic carbocycles. The summed E-state index contributed by atoms with van der Waals surface area (Å²) in [6.45, 7) is 2.67. The van der Waals surface area contributed by atoms with Crippen LogP contribution in [0.4, 0.5) is 11.4 Å². The number of hydrogen-bond donors (Lipinski definition) is 3. The SMILES string of the molecule is CC(CNc1cc(N)cc(S(N)(=O)=O)c1)c1nccs1. The Morgan fingerprint density at radius 3 is 2.75 bits per heavy atom. The summed E-state index contributed by atoms with van der Waals surface area (Å²) >= 11 is 1.59. The van der Waals surface area contributed by atoms with E-state index in [-0.39, 0.29) is 10.8 Å². The standard InChI is InChI=1S/C12H16N4O2S2/c1-8(12-15-2-3-19-12)7-16-10-4-9(13)5-11(6-10)20(14,17)18/h2-6,8,16H,7,13H2,1H3,(H2,14,17,18). The van der Waals surface area contributed by atoms with Gasteiger partial charge in [0.25, 0.3) is 0 Å². The number of nitrogens with one attached hydrogen (secondary N) is 1. The first-order chi connectivity index (χ1) is 9.36. The molecule has 2 rings (SSSR count). The second kappa shape index (κ2) is 5.78. The number of hydrogen-bond acceptors (Lipinski definition) is 6. The average Bonchev–Trinajstić information content (AvgIpc) is 2.88. The number of benzene rings is 1. The lowest BCUT2D eigenvalue weighted by Crippen LogP contribution is -2.14. The van der Waals surface area contributed by atoms with Gasteiger partial charge in [-0.1, -0.05) is 6.92 Å². The molecule has 0 amide bonds. The van der Waals surface area contributed by atoms with E-state index in [2.05, 4.69) is 10.3 Å². The Balaban J connectivity index is 2.12. The molecule has 1 atom stereocenters. The Morgan fingerprint density at radius 2 is 2.15 bits per heavy atom. The molecule has 0 aliphatic heterocycles. The quantitative estimate of drug-likeness (QED) is 0.726. The molecule has 5 N–H and O–H groups in total. The highest BCUT2D eigenvalue weighted by Crippen LogP contribution is 2.22. The zero-order valence-electron chi connectivity index (χ0n) is 10.9. The van der Waals surface area contributed by atoms with Crippen LogP contribution in [0.15, 0.2) is 34.7 Å². The van der Waals surface area contributed by atoms with Crippen molar-refractivity contribution in [1.82, 2.24) is 4.98 Å². The predicted octanol–water partition coefficient (Wildman–Crippen LogP) is 1.59. The van der Waals surface area contributed by atoms with Gasteiger partial charge in [0.2, 0.25) is 10.0 Å². The molecule has 6 nitrogen and oxygen atoms in total. The Morgan fingerprint density at radius 1 is 1.40 bits per heavy atom. The van der Waals surface area contributed by atoms with Gasteiger partial charge in [0.1, 0.15) is 0 Å². The van der Waals surface area contributed by atoms with Crippen LogP contribution in [0.2, 0.25) is 0 Å². The fraction of sp³-hybridized carbons (Fsp3) is 0.250. The van der Waals surface area contributed by atoms with Crippen molar-refractivity contribution in [1.29, 1.82) is 0 Å². The Bertz CT molecular complexity index is 683. The van der Waals surface area contributed by atoms with Crippen LogP contribution in [-0.4, -0.2) is 19.9 Å². The molecule has 1 unspecified atom stereocenters. The molecule has 0 spiro atoms. The molecule has 1 aromatic carbocycles. The van der Waals surface area contributed by atoms with Gasteiger partial charge in [0.05, 0.1) is 9.90 Å². The van der Waals surface area contributed by atoms with Gasteiger partial charge >= 0.3 is 0 Å². The lowest BCUT2D eigenvalue weighted by atomic mass is 10.2. The number of nitrogen functional groups attached to an aromatic ring is 1. The minimum Gasteiger partial charge on any atom is -0.399 e. The largest absolute Gasteiger partial charge is 0.399 e. The molecule has 108 valence electrons. The van der Waals surface area contributed by atoms with Crippen LogP contribution in [0.5, 0.6) is 0 Å². The van der Waals surface area contributed by atoms with E-state index in [4.69, 9.17) is 10.9 Å². The van der Waals surface area contributed by atoms with Gasteiger partial charge in [0, 0.05) is 35.4 Å². The van der Waals surface area contributed by atoms with Crippen LogP contribution in [0, 0.1) is 0 Å². The van der Waals surface area contributed by atoms with Crippen molar-refractivity contribution in [3.8, 4) is 0 Å². The monoisotopic (exact) mass is 312 g/mol. The Hall–Kier alpha value is -1.64. The third-order valence-electron chi connectivity index (χ3n) is 2.74. The summed E-state index contributed by atoms with van der Waals surface area (Å²) in [5.74, 6) is 0.217. The molecule has 0 aliphatic rings. The summed E-state index contributed by atoms with van der Waals surface area (Å²) in [6.07, 6.45) is 1.76. The normalized spacial score (nSPS) is 13.1. The van der Waals surface area contributed by atoms with Crippen LogP contribution < -0.4 is 16.2 Å². The molecular formula is C12H16N4O2S2. The van der Waals surface area contributed by atoms with Crippen molar-refractivity contribution in [3.05, 3.63) is 34.8 Å². The van der Waals surface area contributed by atoms with Crippen molar-refractivity contribution >= 4 is 32.7 Å². The highest BCUT2D eigenvalue weighted by atomic mass is 32.2. The lowest BCUT2D eigenvalue weighted by Gasteiger charge is -2.12. The number of thiazole rings is 1. The van der Waals surface area contributed by atoms with Gasteiger partial charge in [-0.3, -0.25) is 0 Å². The molecule has 2 aromatic rings. The smallest absolute Gasteiger partial charge is 0.238 e. The highest BCUT2D eigenvalue weighted by Gasteiger charge is 2.11. The van der Waals surface area contributed by atoms with Crippen molar-refractivity contribution in [3.63, 3.8) is 0 Å². The average molecular weight is 312 g/mol. The van der Waals surface area contributed by atoms with Gasteiger partial charge in [-0.05, 0) is 18.2 Å². The van der Waals surface area contributed by atoms with Crippen molar-refractivity contribution < 1.29 is 8.42 Å². The van der Waals surface area contributed by atoms with E-state index in [1.807, 2.05) is 12.3 Å². The summed E-state index contributed by atoms with van der Waals surface area (Å²) in [4.78, 5) is 4.24. The molecule has 0 fully saturated rings. The van der Waals surface area contributed by atoms with Gasteiger partial charge in [-0.15, -0.1) is 11.3 Å². The maximum Gasteiger partial charge on any atom is 0.238 e. The van der Waals surface area contributed by atoms with E-state index >= 15 is 0 Å². The molecule has 0 saturated carbocycles. The maximum absolute atomic E-state index is 11.3. The van der Waals surface area contributed by atoms with E-state index in [9.17, 15) is 8.42 Å². The van der Waals surface area contributed by atoms with E-state index in [1.165, 1.54) is 12.1 Å². The van der Waals surface area contributed by atoms with Crippen LogP contribution in [0.1, 0.15) is 17.8 Å². The lowest BCUT2D eigenvalue weighted by molar-refractivity contribution is 0.598. The number of primary sulfonamides is 1. The zero-order chi connectivity index (χ0) is 14.8. The Kier molecular flexibility index (Phi) is 4.26. The Labute approximate surface area is 121 Å². The minimum atomic E-state index is -3.76. The summed E-state index contributed by atoms with van der Waals surface area (Å²) in [5, 5.41) is 11.2. The molecule has 20 heavy (non-hydrogen) atoms. The topological polar surface area (TPSA) is 111 Å². The fourth-order valence-corrected chi connectivity index (χ4v) is 3.01. The number of nitrogens with zero attached hydrogens (tertiary/aromatic N) is 1. The van der Waals surface area contributed by atoms with Gasteiger partial charge in [0.15, 0.2) is 0 Å². The second-order valence-electron chi connectivity index (χ2n) is 4.49. The number of rotatable bonds is 5. The van der Waals surface area contributed by atoms with E-state index in [1.54, 1.807) is 23.6 Å². The summed E-state index contributed by atoms with van der Waals surface area (Å²) < 4.78 is 22.7. The van der Waals surface area contributed by atoms with E-state index in [0.29, 0.717) is 17.9 Å². The zero-order valence-corrected chi connectivity index (χ0v) is 12.5. The van der Waals surface area contributed by atoms with Gasteiger partial charge < -0.3 is 11.1 Å². The summed E-state index contributed by atoms with van der Waals surface area (Å²) in [7, 11) is -3.76. The predicted molar refractivity (Wildman–Crippen MR) is 81.2 cm³/mol. The van der Waals surface area contributed by atoms with Crippen molar-refractivity contribution in [2.75, 3.05) is 17.6 Å². The molecule has 1 aromatic heterocycles. The molecule has 0 bridgehead atoms. The van der Waals surface area contributed by atoms with Crippen LogP contribution in [-0.2, 0) is 10.0 Å². The maximum atomic E-state index is 11.3. The van der Waals surface area contributed by atoms with Gasteiger partial charge in [-0.2, -0.15) is 0 Å². The first kappa shape index (κ1) is 14.8. The number of nitrogens with two attached hydrogens (primary N) is 2. The van der Waals surface area contributed by atoms with Gasteiger partial charge in [-0.25, -0.2) is 18.5 Å². The molecular weight excluding hydrogens is 296 g/mol. The third kappa shape index (κ3) is 3.69. The summed E-state index contributed by atoms with van der Waals surface area (Å²) in [6, 6.07) is 4.48. The first-order valence-corrected chi connectivity index (χ1v) is 8.35. The van der Waals surface area contributed by atoms with Crippen molar-refractivity contribution in [2.45, 2.75) is 17.7 Å². The third-order valence-corrected chi connectivity index (χ3v) is 4.64. The number of anilines is 2. The van der Waals surface area contributed by atoms with Crippen LogP contribution in [0.25, 0.3) is 0 Å². The van der Waals surface area contributed by atoms with Crippen LogP contribution in [0.3, 0.4) is 0 Å². The number of aromatic nitrogens is 1. The van der Waals surface area contributed by atoms with Crippen molar-refractivity contribution in [2.24, 2.45) is 5.14 Å². The van der Waals surface area contributed by atoms with E-state index in [0.717, 1.165) is 5.01 Å². The molecule has 0 saturated heterocycles. The molecule has 1 heterocycles. The molecule has 0 radical (unpaired) electrons. The molecule has 8 heteroatoms. The first-order valence-electron chi connectivity index (χ1n) is 5.93. The van der Waals surface area contributed by atoms with E-state index < -0.39 is 10.0 Å².